The Labute approximate surface area is 99.8 Å². The molecule has 1 aliphatic rings. The quantitative estimate of drug-likeness (QED) is 0.879. The van der Waals surface area contributed by atoms with Crippen molar-refractivity contribution in [2.24, 2.45) is 11.7 Å². The van der Waals surface area contributed by atoms with Crippen molar-refractivity contribution in [3.8, 4) is 5.75 Å². The summed E-state index contributed by atoms with van der Waals surface area (Å²) in [4.78, 5) is 0. The zero-order valence-electron chi connectivity index (χ0n) is 9.66. The Morgan fingerprint density at radius 2 is 2.12 bits per heavy atom. The Bertz CT molecular complexity index is 384. The Kier molecular flexibility index (Phi) is 3.94. The van der Waals surface area contributed by atoms with Gasteiger partial charge < -0.3 is 10.5 Å². The molecule has 17 heavy (non-hydrogen) atoms. The molecule has 0 aromatic heterocycles. The maximum Gasteiger partial charge on any atom is 0.165 e. The minimum atomic E-state index is -0.526. The molecule has 2 nitrogen and oxygen atoms in total. The van der Waals surface area contributed by atoms with Crippen LogP contribution in [0.4, 0.5) is 8.78 Å². The molecule has 0 bridgehead atoms. The highest BCUT2D eigenvalue weighted by molar-refractivity contribution is 5.24. The zero-order chi connectivity index (χ0) is 12.3. The predicted molar refractivity (Wildman–Crippen MR) is 61.8 cm³/mol. The summed E-state index contributed by atoms with van der Waals surface area (Å²) in [5.41, 5.74) is 5.92. The third-order valence-electron chi connectivity index (χ3n) is 3.36. The lowest BCUT2D eigenvalue weighted by molar-refractivity contribution is 0.259. The fourth-order valence-corrected chi connectivity index (χ4v) is 2.33. The third-order valence-corrected chi connectivity index (χ3v) is 3.36. The summed E-state index contributed by atoms with van der Waals surface area (Å²) >= 11 is 0. The standard InChI is InChI=1S/C13H17F2NO/c14-10-4-5-11(15)13(8-10)17-7-6-9-2-1-3-12(9)16/h4-5,8-9,12H,1-3,6-7,16H2. The molecule has 0 saturated heterocycles. The van der Waals surface area contributed by atoms with E-state index in [0.29, 0.717) is 12.5 Å². The highest BCUT2D eigenvalue weighted by Crippen LogP contribution is 2.27. The molecule has 1 aliphatic carbocycles. The fourth-order valence-electron chi connectivity index (χ4n) is 2.33. The summed E-state index contributed by atoms with van der Waals surface area (Å²) in [5, 5.41) is 0. The SMILES string of the molecule is NC1CCCC1CCOc1cc(F)ccc1F. The summed E-state index contributed by atoms with van der Waals surface area (Å²) in [5.74, 6) is -0.579. The molecule has 2 N–H and O–H groups in total. The molecule has 1 aromatic carbocycles. The van der Waals surface area contributed by atoms with E-state index in [1.807, 2.05) is 0 Å². The van der Waals surface area contributed by atoms with Crippen LogP contribution in [0.15, 0.2) is 18.2 Å². The van der Waals surface area contributed by atoms with Gasteiger partial charge in [-0.3, -0.25) is 0 Å². The molecule has 1 saturated carbocycles. The minimum absolute atomic E-state index is 0.0171. The number of ether oxygens (including phenoxy) is 1. The van der Waals surface area contributed by atoms with Gasteiger partial charge >= 0.3 is 0 Å². The number of hydrogen-bond acceptors (Lipinski definition) is 2. The van der Waals surface area contributed by atoms with Gasteiger partial charge in [-0.05, 0) is 37.3 Å². The van der Waals surface area contributed by atoms with Crippen molar-refractivity contribution in [1.29, 1.82) is 0 Å². The lowest BCUT2D eigenvalue weighted by Crippen LogP contribution is -2.25. The van der Waals surface area contributed by atoms with Gasteiger partial charge in [-0.2, -0.15) is 0 Å². The van der Waals surface area contributed by atoms with Crippen molar-refractivity contribution in [3.63, 3.8) is 0 Å². The number of halogens is 2. The molecule has 2 atom stereocenters. The molecular formula is C13H17F2NO. The van der Waals surface area contributed by atoms with Crippen molar-refractivity contribution in [2.45, 2.75) is 31.7 Å². The van der Waals surface area contributed by atoms with E-state index in [0.717, 1.165) is 43.9 Å². The van der Waals surface area contributed by atoms with E-state index in [1.165, 1.54) is 0 Å². The van der Waals surface area contributed by atoms with E-state index in [9.17, 15) is 8.78 Å². The van der Waals surface area contributed by atoms with Crippen molar-refractivity contribution in [3.05, 3.63) is 29.8 Å². The zero-order valence-corrected chi connectivity index (χ0v) is 9.66. The van der Waals surface area contributed by atoms with Crippen LogP contribution in [0.25, 0.3) is 0 Å². The fraction of sp³-hybridized carbons (Fsp3) is 0.538. The molecule has 0 heterocycles. The first-order chi connectivity index (χ1) is 8.16. The molecule has 1 fully saturated rings. The highest BCUT2D eigenvalue weighted by atomic mass is 19.1. The Morgan fingerprint density at radius 1 is 1.29 bits per heavy atom. The van der Waals surface area contributed by atoms with Crippen LogP contribution < -0.4 is 10.5 Å². The van der Waals surface area contributed by atoms with Crippen molar-refractivity contribution >= 4 is 0 Å². The summed E-state index contributed by atoms with van der Waals surface area (Å²) in [6.45, 7) is 0.388. The highest BCUT2D eigenvalue weighted by Gasteiger charge is 2.23. The summed E-state index contributed by atoms with van der Waals surface area (Å²) in [6, 6.07) is 3.46. The first-order valence-electron chi connectivity index (χ1n) is 6.00. The lowest BCUT2D eigenvalue weighted by Gasteiger charge is -2.15. The van der Waals surface area contributed by atoms with Crippen LogP contribution in [0.2, 0.25) is 0 Å². The van der Waals surface area contributed by atoms with Crippen molar-refractivity contribution < 1.29 is 13.5 Å². The molecule has 2 rings (SSSR count). The van der Waals surface area contributed by atoms with E-state index in [2.05, 4.69) is 0 Å². The van der Waals surface area contributed by atoms with Crippen molar-refractivity contribution in [2.75, 3.05) is 6.61 Å². The third kappa shape index (κ3) is 3.16. The van der Waals surface area contributed by atoms with Crippen LogP contribution in [0.5, 0.6) is 5.75 Å². The second-order valence-electron chi connectivity index (χ2n) is 4.57. The average molecular weight is 241 g/mol. The van der Waals surface area contributed by atoms with E-state index < -0.39 is 11.6 Å². The monoisotopic (exact) mass is 241 g/mol. The van der Waals surface area contributed by atoms with Gasteiger partial charge in [-0.15, -0.1) is 0 Å². The lowest BCUT2D eigenvalue weighted by atomic mass is 10.0. The maximum atomic E-state index is 13.2. The first kappa shape index (κ1) is 12.3. The number of benzene rings is 1. The van der Waals surface area contributed by atoms with Crippen LogP contribution in [0.1, 0.15) is 25.7 Å². The van der Waals surface area contributed by atoms with Gasteiger partial charge in [0.15, 0.2) is 11.6 Å². The molecule has 0 aliphatic heterocycles. The predicted octanol–water partition coefficient (Wildman–Crippen LogP) is 2.86. The normalized spacial score (nSPS) is 23.9. The van der Waals surface area contributed by atoms with Crippen LogP contribution in [-0.2, 0) is 0 Å². The average Bonchev–Trinajstić information content (AvgIpc) is 2.70. The number of hydrogen-bond donors (Lipinski definition) is 1. The molecule has 0 radical (unpaired) electrons. The number of rotatable bonds is 4. The van der Waals surface area contributed by atoms with E-state index in [4.69, 9.17) is 10.5 Å². The van der Waals surface area contributed by atoms with Gasteiger partial charge in [0.2, 0.25) is 0 Å². The van der Waals surface area contributed by atoms with Crippen LogP contribution in [-0.4, -0.2) is 12.6 Å². The van der Waals surface area contributed by atoms with Gasteiger partial charge in [0.25, 0.3) is 0 Å². The van der Waals surface area contributed by atoms with E-state index in [1.54, 1.807) is 0 Å². The van der Waals surface area contributed by atoms with Gasteiger partial charge in [-0.25, -0.2) is 8.78 Å². The molecule has 4 heteroatoms. The first-order valence-corrected chi connectivity index (χ1v) is 6.00. The van der Waals surface area contributed by atoms with Gasteiger partial charge in [0.05, 0.1) is 6.61 Å². The maximum absolute atomic E-state index is 13.2. The smallest absolute Gasteiger partial charge is 0.165 e. The van der Waals surface area contributed by atoms with Gasteiger partial charge in [0, 0.05) is 12.1 Å². The van der Waals surface area contributed by atoms with Gasteiger partial charge in [-0.1, -0.05) is 6.42 Å². The molecule has 2 unspecified atom stereocenters. The summed E-state index contributed by atoms with van der Waals surface area (Å²) in [6.07, 6.45) is 4.12. The van der Waals surface area contributed by atoms with Crippen LogP contribution in [0, 0.1) is 17.6 Å². The summed E-state index contributed by atoms with van der Waals surface area (Å²) in [7, 11) is 0. The van der Waals surface area contributed by atoms with E-state index >= 15 is 0 Å². The molecule has 1 aromatic rings. The Hall–Kier alpha value is -1.16. The molecule has 94 valence electrons. The Balaban J connectivity index is 1.83. The molecule has 0 spiro atoms. The van der Waals surface area contributed by atoms with Gasteiger partial charge in [0.1, 0.15) is 5.82 Å². The van der Waals surface area contributed by atoms with Crippen molar-refractivity contribution in [1.82, 2.24) is 0 Å². The largest absolute Gasteiger partial charge is 0.490 e. The number of nitrogens with two attached hydrogens (primary N) is 1. The second kappa shape index (κ2) is 5.45. The van der Waals surface area contributed by atoms with E-state index in [-0.39, 0.29) is 11.8 Å². The molecular weight excluding hydrogens is 224 g/mol. The van der Waals surface area contributed by atoms with Crippen LogP contribution >= 0.6 is 0 Å². The topological polar surface area (TPSA) is 35.2 Å². The van der Waals surface area contributed by atoms with Crippen LogP contribution in [0.3, 0.4) is 0 Å². The Morgan fingerprint density at radius 3 is 2.82 bits per heavy atom. The molecule has 0 amide bonds. The second-order valence-corrected chi connectivity index (χ2v) is 4.57. The minimum Gasteiger partial charge on any atom is -0.490 e. The summed E-state index contributed by atoms with van der Waals surface area (Å²) < 4.78 is 31.4.